The Labute approximate surface area is 116 Å². The van der Waals surface area contributed by atoms with Gasteiger partial charge in [-0.2, -0.15) is 5.26 Å². The number of benzene rings is 1. The van der Waals surface area contributed by atoms with E-state index < -0.39 is 0 Å². The molecule has 0 aliphatic rings. The molecular formula is C13H13ClN4O. The van der Waals surface area contributed by atoms with Crippen LogP contribution in [0.4, 0.5) is 0 Å². The van der Waals surface area contributed by atoms with Crippen LogP contribution in [0.5, 0.6) is 5.75 Å². The van der Waals surface area contributed by atoms with Crippen molar-refractivity contribution < 1.29 is 4.74 Å². The Morgan fingerprint density at radius 2 is 2.16 bits per heavy atom. The molecule has 2 rings (SSSR count). The maximum absolute atomic E-state index is 9.02. The van der Waals surface area contributed by atoms with Gasteiger partial charge in [0.1, 0.15) is 24.1 Å². The van der Waals surface area contributed by atoms with Gasteiger partial charge in [-0.1, -0.05) is 28.9 Å². The van der Waals surface area contributed by atoms with Crippen molar-refractivity contribution in [3.63, 3.8) is 0 Å². The zero-order chi connectivity index (χ0) is 13.8. The lowest BCUT2D eigenvalue weighted by atomic mass is 10.3. The second-order valence-electron chi connectivity index (χ2n) is 4.25. The molecule has 0 atom stereocenters. The number of nitrogens with zero attached hydrogens (tertiary/aromatic N) is 4. The summed E-state index contributed by atoms with van der Waals surface area (Å²) in [6, 6.07) is 9.32. The van der Waals surface area contributed by atoms with Crippen LogP contribution in [-0.2, 0) is 6.61 Å². The summed E-state index contributed by atoms with van der Waals surface area (Å²) in [6.07, 6.45) is 0. The minimum absolute atomic E-state index is 0.111. The van der Waals surface area contributed by atoms with E-state index in [-0.39, 0.29) is 18.3 Å². The number of aromatic nitrogens is 3. The molecule has 98 valence electrons. The highest BCUT2D eigenvalue weighted by Gasteiger charge is 2.15. The summed E-state index contributed by atoms with van der Waals surface area (Å²) >= 11 is 6.01. The van der Waals surface area contributed by atoms with Crippen molar-refractivity contribution in [3.8, 4) is 11.8 Å². The predicted octanol–water partition coefficient (Wildman–Crippen LogP) is 2.96. The van der Waals surface area contributed by atoms with E-state index in [2.05, 4.69) is 10.3 Å². The van der Waals surface area contributed by atoms with Gasteiger partial charge in [-0.05, 0) is 26.0 Å². The molecule has 0 fully saturated rings. The molecule has 19 heavy (non-hydrogen) atoms. The van der Waals surface area contributed by atoms with Crippen LogP contribution >= 0.6 is 11.6 Å². The monoisotopic (exact) mass is 276 g/mol. The van der Waals surface area contributed by atoms with Crippen LogP contribution in [0.25, 0.3) is 0 Å². The maximum Gasteiger partial charge on any atom is 0.189 e. The lowest BCUT2D eigenvalue weighted by molar-refractivity contribution is 0.287. The Kier molecular flexibility index (Phi) is 4.03. The van der Waals surface area contributed by atoms with Gasteiger partial charge in [-0.25, -0.2) is 4.68 Å². The Hall–Kier alpha value is -2.06. The topological polar surface area (TPSA) is 63.7 Å². The Balaban J connectivity index is 2.22. The van der Waals surface area contributed by atoms with Gasteiger partial charge in [0.05, 0.1) is 5.02 Å². The molecule has 0 aliphatic heterocycles. The predicted molar refractivity (Wildman–Crippen MR) is 70.9 cm³/mol. The number of para-hydroxylation sites is 1. The molecule has 0 unspecified atom stereocenters. The lowest BCUT2D eigenvalue weighted by Crippen LogP contribution is -2.11. The Morgan fingerprint density at radius 1 is 1.42 bits per heavy atom. The van der Waals surface area contributed by atoms with E-state index in [4.69, 9.17) is 21.6 Å². The number of hydrogen-bond donors (Lipinski definition) is 0. The molecule has 0 saturated carbocycles. The molecule has 2 aromatic rings. The highest BCUT2D eigenvalue weighted by Crippen LogP contribution is 2.24. The second kappa shape index (κ2) is 5.72. The third-order valence-electron chi connectivity index (χ3n) is 2.59. The molecule has 0 bridgehead atoms. The van der Waals surface area contributed by atoms with Crippen LogP contribution < -0.4 is 4.74 Å². The maximum atomic E-state index is 9.02. The van der Waals surface area contributed by atoms with E-state index >= 15 is 0 Å². The zero-order valence-electron chi connectivity index (χ0n) is 10.7. The normalized spacial score (nSPS) is 10.5. The van der Waals surface area contributed by atoms with Crippen molar-refractivity contribution in [1.82, 2.24) is 15.0 Å². The molecular weight excluding hydrogens is 264 g/mol. The van der Waals surface area contributed by atoms with Gasteiger partial charge >= 0.3 is 0 Å². The largest absolute Gasteiger partial charge is 0.486 e. The number of ether oxygens (including phenoxy) is 1. The molecule has 1 heterocycles. The fourth-order valence-electron chi connectivity index (χ4n) is 1.66. The van der Waals surface area contributed by atoms with Gasteiger partial charge in [-0.15, -0.1) is 5.10 Å². The summed E-state index contributed by atoms with van der Waals surface area (Å²) in [7, 11) is 0. The van der Waals surface area contributed by atoms with Crippen molar-refractivity contribution in [1.29, 1.82) is 5.26 Å². The number of nitriles is 1. The van der Waals surface area contributed by atoms with Crippen LogP contribution in [0.1, 0.15) is 31.3 Å². The average Bonchev–Trinajstić information content (AvgIpc) is 2.81. The summed E-state index contributed by atoms with van der Waals surface area (Å²) in [4.78, 5) is 0. The Bertz CT molecular complexity index is 615. The molecule has 0 spiro atoms. The zero-order valence-corrected chi connectivity index (χ0v) is 11.4. The Morgan fingerprint density at radius 3 is 2.79 bits per heavy atom. The van der Waals surface area contributed by atoms with Gasteiger partial charge in [0.2, 0.25) is 0 Å². The van der Waals surface area contributed by atoms with E-state index in [9.17, 15) is 0 Å². The van der Waals surface area contributed by atoms with Crippen molar-refractivity contribution in [2.75, 3.05) is 0 Å². The number of hydrogen-bond acceptors (Lipinski definition) is 4. The average molecular weight is 277 g/mol. The third-order valence-corrected chi connectivity index (χ3v) is 2.90. The molecule has 0 amide bonds. The molecule has 1 aromatic carbocycles. The smallest absolute Gasteiger partial charge is 0.189 e. The van der Waals surface area contributed by atoms with Crippen LogP contribution in [0, 0.1) is 11.3 Å². The summed E-state index contributed by atoms with van der Waals surface area (Å²) < 4.78 is 7.31. The SMILES string of the molecule is CC(C)n1nnc(C#N)c1COc1ccccc1Cl. The summed E-state index contributed by atoms with van der Waals surface area (Å²) in [5.74, 6) is 0.574. The number of halogens is 1. The van der Waals surface area contributed by atoms with Gasteiger partial charge in [-0.3, -0.25) is 0 Å². The minimum atomic E-state index is 0.111. The van der Waals surface area contributed by atoms with E-state index in [0.29, 0.717) is 16.5 Å². The second-order valence-corrected chi connectivity index (χ2v) is 4.66. The highest BCUT2D eigenvalue weighted by molar-refractivity contribution is 6.32. The van der Waals surface area contributed by atoms with Crippen molar-refractivity contribution >= 4 is 11.6 Å². The molecule has 1 aromatic heterocycles. The first kappa shape index (κ1) is 13.4. The van der Waals surface area contributed by atoms with Crippen molar-refractivity contribution in [3.05, 3.63) is 40.7 Å². The quantitative estimate of drug-likeness (QED) is 0.861. The number of rotatable bonds is 4. The van der Waals surface area contributed by atoms with Crippen molar-refractivity contribution in [2.24, 2.45) is 0 Å². The first-order valence-corrected chi connectivity index (χ1v) is 6.22. The van der Waals surface area contributed by atoms with Gasteiger partial charge in [0.25, 0.3) is 0 Å². The molecule has 5 nitrogen and oxygen atoms in total. The van der Waals surface area contributed by atoms with E-state index in [1.807, 2.05) is 32.0 Å². The van der Waals surface area contributed by atoms with Gasteiger partial charge in [0.15, 0.2) is 5.69 Å². The highest BCUT2D eigenvalue weighted by atomic mass is 35.5. The minimum Gasteiger partial charge on any atom is -0.486 e. The third kappa shape index (κ3) is 2.85. The van der Waals surface area contributed by atoms with E-state index in [1.54, 1.807) is 16.8 Å². The van der Waals surface area contributed by atoms with Crippen LogP contribution in [0.3, 0.4) is 0 Å². The molecule has 0 saturated heterocycles. The summed E-state index contributed by atoms with van der Waals surface area (Å²) in [6.45, 7) is 4.14. The van der Waals surface area contributed by atoms with Gasteiger partial charge in [0, 0.05) is 6.04 Å². The molecule has 0 N–H and O–H groups in total. The first-order valence-electron chi connectivity index (χ1n) is 5.85. The van der Waals surface area contributed by atoms with Crippen LogP contribution in [0.15, 0.2) is 24.3 Å². The molecule has 6 heteroatoms. The summed E-state index contributed by atoms with van der Waals surface area (Å²) in [5, 5.41) is 17.3. The molecule has 0 aliphatic carbocycles. The summed E-state index contributed by atoms with van der Waals surface area (Å²) in [5.41, 5.74) is 0.929. The molecule has 0 radical (unpaired) electrons. The first-order chi connectivity index (χ1) is 9.13. The van der Waals surface area contributed by atoms with Crippen LogP contribution in [0.2, 0.25) is 5.02 Å². The van der Waals surface area contributed by atoms with Crippen molar-refractivity contribution in [2.45, 2.75) is 26.5 Å². The van der Waals surface area contributed by atoms with E-state index in [1.165, 1.54) is 0 Å². The van der Waals surface area contributed by atoms with Gasteiger partial charge < -0.3 is 4.74 Å². The fourth-order valence-corrected chi connectivity index (χ4v) is 1.85. The van der Waals surface area contributed by atoms with E-state index in [0.717, 1.165) is 0 Å². The van der Waals surface area contributed by atoms with Crippen LogP contribution in [-0.4, -0.2) is 15.0 Å². The standard InChI is InChI=1S/C13H13ClN4O/c1-9(2)18-12(11(7-15)16-17-18)8-19-13-6-4-3-5-10(13)14/h3-6,9H,8H2,1-2H3. The lowest BCUT2D eigenvalue weighted by Gasteiger charge is -2.11. The fraction of sp³-hybridized carbons (Fsp3) is 0.308.